The van der Waals surface area contributed by atoms with E-state index in [0.29, 0.717) is 6.42 Å². The molecule has 126 valence electrons. The Labute approximate surface area is 126 Å². The van der Waals surface area contributed by atoms with Crippen molar-refractivity contribution in [1.82, 2.24) is 14.9 Å². The number of hydrogen-bond acceptors (Lipinski definition) is 6. The average Bonchev–Trinajstić information content (AvgIpc) is 2.82. The molecule has 3 heterocycles. The van der Waals surface area contributed by atoms with Crippen LogP contribution in [0.15, 0.2) is 11.0 Å². The summed E-state index contributed by atoms with van der Waals surface area (Å²) in [5.74, 6) is -2.15. The third-order valence-electron chi connectivity index (χ3n) is 3.61. The van der Waals surface area contributed by atoms with Crippen molar-refractivity contribution >= 4 is 5.91 Å². The Hall–Kier alpha value is -2.14. The van der Waals surface area contributed by atoms with Crippen molar-refractivity contribution in [3.8, 4) is 6.01 Å². The predicted octanol–water partition coefficient (Wildman–Crippen LogP) is -0.537. The lowest BCUT2D eigenvalue weighted by Gasteiger charge is -2.24. The second kappa shape index (κ2) is 5.49. The normalized spacial score (nSPS) is 25.7. The van der Waals surface area contributed by atoms with Crippen molar-refractivity contribution < 1.29 is 32.5 Å². The van der Waals surface area contributed by atoms with Gasteiger partial charge in [-0.15, -0.1) is 0 Å². The van der Waals surface area contributed by atoms with E-state index in [1.807, 2.05) is 0 Å². The Balaban J connectivity index is 1.81. The molecule has 0 radical (unpaired) electrons. The molecule has 3 atom stereocenters. The van der Waals surface area contributed by atoms with Gasteiger partial charge < -0.3 is 19.9 Å². The molecule has 8 nitrogen and oxygen atoms in total. The van der Waals surface area contributed by atoms with Crippen molar-refractivity contribution in [3.63, 3.8) is 0 Å². The van der Waals surface area contributed by atoms with E-state index in [0.717, 1.165) is 0 Å². The maximum Gasteiger partial charge on any atom is 0.471 e. The second-order valence-electron chi connectivity index (χ2n) is 5.15. The lowest BCUT2D eigenvalue weighted by molar-refractivity contribution is -0.173. The van der Waals surface area contributed by atoms with Crippen molar-refractivity contribution in [1.29, 1.82) is 0 Å². The van der Waals surface area contributed by atoms with Crippen molar-refractivity contribution in [2.75, 3.05) is 6.61 Å². The Morgan fingerprint density at radius 2 is 2.26 bits per heavy atom. The molecule has 1 saturated heterocycles. The highest BCUT2D eigenvalue weighted by atomic mass is 19.4. The van der Waals surface area contributed by atoms with Crippen LogP contribution in [0, 0.1) is 0 Å². The lowest BCUT2D eigenvalue weighted by Crippen LogP contribution is -2.38. The number of aromatic nitrogens is 2. The van der Waals surface area contributed by atoms with E-state index < -0.39 is 42.6 Å². The van der Waals surface area contributed by atoms with Crippen LogP contribution in [0.4, 0.5) is 13.2 Å². The summed E-state index contributed by atoms with van der Waals surface area (Å²) in [5.41, 5.74) is -0.940. The number of hydrogen-bond donors (Lipinski definition) is 2. The van der Waals surface area contributed by atoms with Crippen LogP contribution in [0.25, 0.3) is 0 Å². The monoisotopic (exact) mass is 335 g/mol. The van der Waals surface area contributed by atoms with Crippen LogP contribution in [0.5, 0.6) is 6.01 Å². The Kier molecular flexibility index (Phi) is 3.76. The van der Waals surface area contributed by atoms with E-state index >= 15 is 0 Å². The SMILES string of the molecule is O=C(NCc1cn2c(nc1=O)OC1C[C@H]2O[C@@H]1CO)C(F)(F)F. The van der Waals surface area contributed by atoms with Crippen LogP contribution in [-0.2, 0) is 16.1 Å². The zero-order chi connectivity index (χ0) is 16.8. The number of fused-ring (bicyclic) bond motifs is 4. The summed E-state index contributed by atoms with van der Waals surface area (Å²) in [4.78, 5) is 26.3. The molecular formula is C12H12F3N3O5. The van der Waals surface area contributed by atoms with Gasteiger partial charge in [-0.1, -0.05) is 0 Å². The Bertz CT molecular complexity index is 689. The number of aliphatic hydroxyl groups excluding tert-OH is 1. The van der Waals surface area contributed by atoms with Crippen LogP contribution >= 0.6 is 0 Å². The smallest absolute Gasteiger partial charge is 0.458 e. The van der Waals surface area contributed by atoms with E-state index in [1.54, 1.807) is 5.32 Å². The number of aliphatic hydroxyl groups is 1. The van der Waals surface area contributed by atoms with Gasteiger partial charge in [0, 0.05) is 12.6 Å². The molecular weight excluding hydrogens is 323 g/mol. The van der Waals surface area contributed by atoms with Gasteiger partial charge in [0.1, 0.15) is 18.4 Å². The maximum absolute atomic E-state index is 12.2. The largest absolute Gasteiger partial charge is 0.471 e. The number of amides is 1. The Morgan fingerprint density at radius 3 is 2.91 bits per heavy atom. The van der Waals surface area contributed by atoms with Gasteiger partial charge in [0.05, 0.1) is 18.7 Å². The molecule has 1 aromatic heterocycles. The summed E-state index contributed by atoms with van der Waals surface area (Å²) in [7, 11) is 0. The molecule has 2 bridgehead atoms. The zero-order valence-electron chi connectivity index (χ0n) is 11.5. The van der Waals surface area contributed by atoms with Gasteiger partial charge in [-0.25, -0.2) is 0 Å². The third-order valence-corrected chi connectivity index (χ3v) is 3.61. The molecule has 2 N–H and O–H groups in total. The molecule has 2 aliphatic rings. The van der Waals surface area contributed by atoms with Crippen molar-refractivity contribution in [2.24, 2.45) is 0 Å². The summed E-state index contributed by atoms with van der Waals surface area (Å²) < 4.78 is 48.8. The molecule has 0 aliphatic carbocycles. The van der Waals surface area contributed by atoms with Gasteiger partial charge in [0.2, 0.25) is 0 Å². The maximum atomic E-state index is 12.2. The first-order chi connectivity index (χ1) is 10.8. The fourth-order valence-corrected chi connectivity index (χ4v) is 2.48. The van der Waals surface area contributed by atoms with Gasteiger partial charge in [-0.3, -0.25) is 14.2 Å². The standard InChI is InChI=1S/C12H12F3N3O5/c13-12(14,15)10(21)16-2-5-3-18-8-1-6(7(4-19)22-8)23-11(18)17-9(5)20/h3,6-8,19H,1-2,4H2,(H,16,21)/t6?,7-,8-/m1/s1. The molecule has 3 rings (SSSR count). The summed E-state index contributed by atoms with van der Waals surface area (Å²) in [5, 5.41) is 10.8. The minimum absolute atomic E-state index is 0.0295. The fraction of sp³-hybridized carbons (Fsp3) is 0.583. The minimum atomic E-state index is -5.03. The predicted molar refractivity (Wildman–Crippen MR) is 66.4 cm³/mol. The first-order valence-electron chi connectivity index (χ1n) is 6.69. The minimum Gasteiger partial charge on any atom is -0.458 e. The number of nitrogens with one attached hydrogen (secondary N) is 1. The molecule has 2 aliphatic heterocycles. The van der Waals surface area contributed by atoms with Crippen LogP contribution in [0.2, 0.25) is 0 Å². The topological polar surface area (TPSA) is 103 Å². The molecule has 0 aromatic carbocycles. The summed E-state index contributed by atoms with van der Waals surface area (Å²) in [6, 6.07) is -0.0295. The van der Waals surface area contributed by atoms with E-state index in [9.17, 15) is 27.9 Å². The zero-order valence-corrected chi connectivity index (χ0v) is 11.5. The highest BCUT2D eigenvalue weighted by Crippen LogP contribution is 2.37. The van der Waals surface area contributed by atoms with Crippen LogP contribution in [0.1, 0.15) is 18.2 Å². The van der Waals surface area contributed by atoms with Gasteiger partial charge >= 0.3 is 18.1 Å². The van der Waals surface area contributed by atoms with Crippen LogP contribution < -0.4 is 15.6 Å². The number of carbonyl (C=O) groups excluding carboxylic acids is 1. The number of carbonyl (C=O) groups is 1. The number of halogens is 3. The van der Waals surface area contributed by atoms with E-state index in [2.05, 4.69) is 4.98 Å². The first-order valence-corrected chi connectivity index (χ1v) is 6.69. The summed E-state index contributed by atoms with van der Waals surface area (Å²) >= 11 is 0. The Morgan fingerprint density at radius 1 is 1.52 bits per heavy atom. The van der Waals surface area contributed by atoms with Crippen LogP contribution in [0.3, 0.4) is 0 Å². The molecule has 0 spiro atoms. The number of nitrogens with zero attached hydrogens (tertiary/aromatic N) is 2. The van der Waals surface area contributed by atoms with Gasteiger partial charge in [0.25, 0.3) is 5.56 Å². The van der Waals surface area contributed by atoms with Gasteiger partial charge in [0.15, 0.2) is 0 Å². The van der Waals surface area contributed by atoms with Crippen molar-refractivity contribution in [2.45, 2.75) is 37.6 Å². The van der Waals surface area contributed by atoms with Gasteiger partial charge in [-0.2, -0.15) is 18.2 Å². The lowest BCUT2D eigenvalue weighted by atomic mass is 10.1. The summed E-state index contributed by atoms with van der Waals surface area (Å²) in [6.07, 6.45) is -4.92. The molecule has 1 unspecified atom stereocenters. The molecule has 23 heavy (non-hydrogen) atoms. The fourth-order valence-electron chi connectivity index (χ4n) is 2.48. The molecule has 1 amide bonds. The third kappa shape index (κ3) is 2.88. The molecule has 1 aromatic rings. The average molecular weight is 335 g/mol. The molecule has 1 fully saturated rings. The molecule has 0 saturated carbocycles. The van der Waals surface area contributed by atoms with E-state index in [1.165, 1.54) is 10.8 Å². The number of rotatable bonds is 3. The quantitative estimate of drug-likeness (QED) is 0.769. The number of ether oxygens (including phenoxy) is 2. The molecule has 11 heteroatoms. The highest BCUT2D eigenvalue weighted by molar-refractivity contribution is 5.81. The van der Waals surface area contributed by atoms with Crippen LogP contribution in [-0.4, -0.2) is 45.6 Å². The summed E-state index contributed by atoms with van der Waals surface area (Å²) in [6.45, 7) is -0.890. The van der Waals surface area contributed by atoms with E-state index in [-0.39, 0.29) is 18.2 Å². The number of alkyl halides is 3. The van der Waals surface area contributed by atoms with E-state index in [4.69, 9.17) is 9.47 Å². The van der Waals surface area contributed by atoms with Gasteiger partial charge in [-0.05, 0) is 0 Å². The van der Waals surface area contributed by atoms with Crippen molar-refractivity contribution in [3.05, 3.63) is 22.1 Å². The second-order valence-corrected chi connectivity index (χ2v) is 5.15. The highest BCUT2D eigenvalue weighted by Gasteiger charge is 2.43. The first kappa shape index (κ1) is 15.7.